The summed E-state index contributed by atoms with van der Waals surface area (Å²) in [6.45, 7) is 5.25. The topological polar surface area (TPSA) is 88.6 Å². The lowest BCUT2D eigenvalue weighted by Crippen LogP contribution is -2.45. The molecule has 1 N–H and O–H groups in total. The summed E-state index contributed by atoms with van der Waals surface area (Å²) in [5, 5.41) is 2.91. The van der Waals surface area contributed by atoms with Gasteiger partial charge in [0.1, 0.15) is 5.75 Å². The molecular formula is C21H27N3O4S. The molecule has 1 amide bonds. The normalized spacial score (nSPS) is 17.7. The lowest BCUT2D eigenvalue weighted by molar-refractivity contribution is -0.126. The van der Waals surface area contributed by atoms with Crippen molar-refractivity contribution >= 4 is 15.9 Å². The lowest BCUT2D eigenvalue weighted by Gasteiger charge is -2.31. The van der Waals surface area contributed by atoms with Crippen molar-refractivity contribution in [3.05, 3.63) is 53.9 Å². The summed E-state index contributed by atoms with van der Waals surface area (Å²) in [5.74, 6) is 0.201. The Hall–Kier alpha value is -2.45. The van der Waals surface area contributed by atoms with E-state index in [1.807, 2.05) is 26.0 Å². The Kier molecular flexibility index (Phi) is 6.87. The third kappa shape index (κ3) is 5.13. The fourth-order valence-electron chi connectivity index (χ4n) is 3.46. The van der Waals surface area contributed by atoms with Gasteiger partial charge in [0.15, 0.2) is 0 Å². The van der Waals surface area contributed by atoms with Gasteiger partial charge < -0.3 is 10.1 Å². The molecule has 3 rings (SSSR count). The highest BCUT2D eigenvalue weighted by atomic mass is 32.2. The largest absolute Gasteiger partial charge is 0.494 e. The van der Waals surface area contributed by atoms with E-state index in [1.54, 1.807) is 30.6 Å². The number of amides is 1. The van der Waals surface area contributed by atoms with Crippen LogP contribution >= 0.6 is 0 Å². The van der Waals surface area contributed by atoms with Gasteiger partial charge >= 0.3 is 0 Å². The number of piperidine rings is 1. The minimum Gasteiger partial charge on any atom is -0.494 e. The number of aromatic nitrogens is 1. The smallest absolute Gasteiger partial charge is 0.243 e. The van der Waals surface area contributed by atoms with E-state index in [4.69, 9.17) is 4.74 Å². The molecule has 0 radical (unpaired) electrons. The number of hydrogen-bond acceptors (Lipinski definition) is 5. The standard InChI is InChI=1S/C21H27N3O4S/c1-3-28-20-7-6-19(13-16(20)2)29(26,27)24-12-4-5-18(15-24)21(25)23-14-17-8-10-22-11-9-17/h6-11,13,18H,3-5,12,14-15H2,1-2H3,(H,23,25)/t18-/m1/s1. The zero-order valence-electron chi connectivity index (χ0n) is 16.8. The van der Waals surface area contributed by atoms with Crippen LogP contribution in [0.4, 0.5) is 0 Å². The SMILES string of the molecule is CCOc1ccc(S(=O)(=O)N2CCC[C@@H](C(=O)NCc3ccncc3)C2)cc1C. The fraction of sp³-hybridized carbons (Fsp3) is 0.429. The van der Waals surface area contributed by atoms with Crippen molar-refractivity contribution in [2.75, 3.05) is 19.7 Å². The summed E-state index contributed by atoms with van der Waals surface area (Å²) in [6.07, 6.45) is 4.68. The highest BCUT2D eigenvalue weighted by Crippen LogP contribution is 2.27. The van der Waals surface area contributed by atoms with E-state index in [9.17, 15) is 13.2 Å². The summed E-state index contributed by atoms with van der Waals surface area (Å²) in [6, 6.07) is 8.57. The van der Waals surface area contributed by atoms with Gasteiger partial charge in [-0.2, -0.15) is 4.31 Å². The van der Waals surface area contributed by atoms with Gasteiger partial charge in [0.25, 0.3) is 0 Å². The third-order valence-electron chi connectivity index (χ3n) is 5.06. The van der Waals surface area contributed by atoms with Crippen LogP contribution < -0.4 is 10.1 Å². The number of nitrogens with one attached hydrogen (secondary N) is 1. The number of carbonyl (C=O) groups excluding carboxylic acids is 1. The van der Waals surface area contributed by atoms with Gasteiger partial charge in [-0.25, -0.2) is 8.42 Å². The highest BCUT2D eigenvalue weighted by Gasteiger charge is 2.33. The minimum atomic E-state index is -3.66. The summed E-state index contributed by atoms with van der Waals surface area (Å²) in [7, 11) is -3.66. The molecule has 1 aromatic carbocycles. The van der Waals surface area contributed by atoms with Crippen LogP contribution in [0.25, 0.3) is 0 Å². The van der Waals surface area contributed by atoms with Crippen molar-refractivity contribution < 1.29 is 17.9 Å². The summed E-state index contributed by atoms with van der Waals surface area (Å²) in [5.41, 5.74) is 1.73. The Bertz CT molecular complexity index is 948. The maximum atomic E-state index is 13.1. The van der Waals surface area contributed by atoms with Crippen molar-refractivity contribution in [1.82, 2.24) is 14.6 Å². The van der Waals surface area contributed by atoms with Gasteiger partial charge in [0, 0.05) is 32.0 Å². The van der Waals surface area contributed by atoms with Crippen LogP contribution in [0, 0.1) is 12.8 Å². The van der Waals surface area contributed by atoms with Crippen LogP contribution in [0.1, 0.15) is 30.9 Å². The number of pyridine rings is 1. The molecule has 0 saturated carbocycles. The van der Waals surface area contributed by atoms with Crippen molar-refractivity contribution in [2.45, 2.75) is 38.1 Å². The molecule has 0 unspecified atom stereocenters. The predicted molar refractivity (Wildman–Crippen MR) is 110 cm³/mol. The highest BCUT2D eigenvalue weighted by molar-refractivity contribution is 7.89. The number of rotatable bonds is 7. The predicted octanol–water partition coefficient (Wildman–Crippen LogP) is 2.51. The van der Waals surface area contributed by atoms with Crippen LogP contribution in [-0.4, -0.2) is 43.3 Å². The monoisotopic (exact) mass is 417 g/mol. The molecule has 1 aromatic heterocycles. The second kappa shape index (κ2) is 9.37. The van der Waals surface area contributed by atoms with E-state index in [2.05, 4.69) is 10.3 Å². The number of nitrogens with zero attached hydrogens (tertiary/aromatic N) is 2. The van der Waals surface area contributed by atoms with E-state index >= 15 is 0 Å². The molecule has 29 heavy (non-hydrogen) atoms. The fourth-order valence-corrected chi connectivity index (χ4v) is 5.07. The first-order valence-corrected chi connectivity index (χ1v) is 11.3. The zero-order chi connectivity index (χ0) is 20.9. The average molecular weight is 418 g/mol. The molecule has 0 bridgehead atoms. The van der Waals surface area contributed by atoms with Crippen LogP contribution in [-0.2, 0) is 21.4 Å². The molecule has 1 fully saturated rings. The maximum Gasteiger partial charge on any atom is 0.243 e. The summed E-state index contributed by atoms with van der Waals surface area (Å²) >= 11 is 0. The Balaban J connectivity index is 1.67. The molecule has 156 valence electrons. The van der Waals surface area contributed by atoms with E-state index in [0.29, 0.717) is 38.3 Å². The van der Waals surface area contributed by atoms with Crippen LogP contribution in [0.2, 0.25) is 0 Å². The van der Waals surface area contributed by atoms with E-state index in [-0.39, 0.29) is 23.3 Å². The second-order valence-corrected chi connectivity index (χ2v) is 9.07. The number of aryl methyl sites for hydroxylation is 1. The molecule has 1 atom stereocenters. The number of carbonyl (C=O) groups is 1. The first-order chi connectivity index (χ1) is 13.9. The van der Waals surface area contributed by atoms with Crippen LogP contribution in [0.3, 0.4) is 0 Å². The van der Waals surface area contributed by atoms with Crippen LogP contribution in [0.15, 0.2) is 47.6 Å². The average Bonchev–Trinajstić information content (AvgIpc) is 2.74. The number of ether oxygens (including phenoxy) is 1. The van der Waals surface area contributed by atoms with Crippen molar-refractivity contribution in [3.63, 3.8) is 0 Å². The Morgan fingerprint density at radius 3 is 2.72 bits per heavy atom. The molecular weight excluding hydrogens is 390 g/mol. The molecule has 1 saturated heterocycles. The molecule has 2 heterocycles. The van der Waals surface area contributed by atoms with Crippen molar-refractivity contribution in [2.24, 2.45) is 5.92 Å². The van der Waals surface area contributed by atoms with Gasteiger partial charge in [-0.1, -0.05) is 0 Å². The molecule has 1 aliphatic rings. The molecule has 7 nitrogen and oxygen atoms in total. The van der Waals surface area contributed by atoms with Gasteiger partial charge in [0.2, 0.25) is 15.9 Å². The maximum absolute atomic E-state index is 13.1. The molecule has 2 aromatic rings. The van der Waals surface area contributed by atoms with Gasteiger partial charge in [-0.3, -0.25) is 9.78 Å². The molecule has 0 spiro atoms. The molecule has 8 heteroatoms. The molecule has 0 aliphatic carbocycles. The second-order valence-electron chi connectivity index (χ2n) is 7.14. The van der Waals surface area contributed by atoms with Gasteiger partial charge in [-0.15, -0.1) is 0 Å². The zero-order valence-corrected chi connectivity index (χ0v) is 17.6. The van der Waals surface area contributed by atoms with E-state index < -0.39 is 10.0 Å². The van der Waals surface area contributed by atoms with Crippen molar-refractivity contribution in [1.29, 1.82) is 0 Å². The van der Waals surface area contributed by atoms with Gasteiger partial charge in [0.05, 0.1) is 17.4 Å². The summed E-state index contributed by atoms with van der Waals surface area (Å²) in [4.78, 5) is 16.8. The van der Waals surface area contributed by atoms with Gasteiger partial charge in [-0.05, 0) is 68.1 Å². The van der Waals surface area contributed by atoms with Crippen LogP contribution in [0.5, 0.6) is 5.75 Å². The third-order valence-corrected chi connectivity index (χ3v) is 6.92. The minimum absolute atomic E-state index is 0.121. The molecule has 1 aliphatic heterocycles. The first-order valence-electron chi connectivity index (χ1n) is 9.82. The first kappa shape index (κ1) is 21.3. The number of hydrogen-bond donors (Lipinski definition) is 1. The summed E-state index contributed by atoms with van der Waals surface area (Å²) < 4.78 is 33.1. The Labute approximate surface area is 172 Å². The van der Waals surface area contributed by atoms with E-state index in [1.165, 1.54) is 4.31 Å². The Morgan fingerprint density at radius 2 is 2.03 bits per heavy atom. The number of benzene rings is 1. The van der Waals surface area contributed by atoms with E-state index in [0.717, 1.165) is 11.1 Å². The quantitative estimate of drug-likeness (QED) is 0.748. The lowest BCUT2D eigenvalue weighted by atomic mass is 9.99. The number of sulfonamides is 1. The Morgan fingerprint density at radius 1 is 1.28 bits per heavy atom. The van der Waals surface area contributed by atoms with Crippen molar-refractivity contribution in [3.8, 4) is 5.75 Å².